The lowest BCUT2D eigenvalue weighted by Gasteiger charge is -2.06. The third kappa shape index (κ3) is 2.31. The number of hydrogen-bond acceptors (Lipinski definition) is 4. The monoisotopic (exact) mass is 267 g/mol. The van der Waals surface area contributed by atoms with Crippen LogP contribution < -0.4 is 5.32 Å². The van der Waals surface area contributed by atoms with Crippen molar-refractivity contribution in [3.8, 4) is 0 Å². The molecule has 0 bridgehead atoms. The quantitative estimate of drug-likeness (QED) is 0.457. The number of benzene rings is 1. The summed E-state index contributed by atoms with van der Waals surface area (Å²) in [5, 5.41) is 1.98. The van der Waals surface area contributed by atoms with Crippen LogP contribution >= 0.6 is 0 Å². The van der Waals surface area contributed by atoms with Gasteiger partial charge in [-0.2, -0.15) is 8.42 Å². The Labute approximate surface area is 103 Å². The van der Waals surface area contributed by atoms with E-state index in [2.05, 4.69) is 0 Å². The highest BCUT2D eigenvalue weighted by atomic mass is 32.2. The number of carbonyl (C=O) groups excluding carboxylic acids is 2. The zero-order valence-corrected chi connectivity index (χ0v) is 9.90. The van der Waals surface area contributed by atoms with Gasteiger partial charge in [0.25, 0.3) is 16.0 Å². The largest absolute Gasteiger partial charge is 0.295 e. The molecule has 18 heavy (non-hydrogen) atoms. The Balaban J connectivity index is 2.69. The molecule has 1 aromatic rings. The molecule has 0 unspecified atom stereocenters. The minimum atomic E-state index is -4.59. The molecule has 2 N–H and O–H groups in total. The summed E-state index contributed by atoms with van der Waals surface area (Å²) in [4.78, 5) is 22.0. The Kier molecular flexibility index (Phi) is 3.02. The molecule has 1 heterocycles. The molecule has 2 rings (SSSR count). The van der Waals surface area contributed by atoms with E-state index in [0.717, 1.165) is 0 Å². The molecule has 0 aromatic heterocycles. The molecule has 1 aliphatic heterocycles. The van der Waals surface area contributed by atoms with Crippen LogP contribution in [0.5, 0.6) is 0 Å². The molecule has 6 nitrogen and oxygen atoms in total. The van der Waals surface area contributed by atoms with Crippen LogP contribution in [0.2, 0.25) is 0 Å². The first-order valence-electron chi connectivity index (χ1n) is 5.00. The highest BCUT2D eigenvalue weighted by Crippen LogP contribution is 2.28. The van der Waals surface area contributed by atoms with E-state index in [0.29, 0.717) is 0 Å². The predicted molar refractivity (Wildman–Crippen MR) is 62.7 cm³/mol. The number of rotatable bonds is 2. The van der Waals surface area contributed by atoms with Crippen molar-refractivity contribution in [2.45, 2.75) is 6.42 Å². The van der Waals surface area contributed by atoms with Crippen molar-refractivity contribution >= 4 is 26.8 Å². The van der Waals surface area contributed by atoms with Gasteiger partial charge >= 0.3 is 0 Å². The summed E-state index contributed by atoms with van der Waals surface area (Å²) in [6, 6.07) is 7.67. The fourth-order valence-electron chi connectivity index (χ4n) is 1.74. The summed E-state index contributed by atoms with van der Waals surface area (Å²) in [5.74, 6) is -1.39. The molecular formula is C11H9NO5S. The standard InChI is InChI=1S/C11H9NO5S/c13-9-6-8(11(14)12-9)10(18(15,16)17)7-4-2-1-3-5-7/h1-5H,6H2,(H,12,13,14)(H,15,16,17). The Morgan fingerprint density at radius 2 is 1.78 bits per heavy atom. The zero-order valence-electron chi connectivity index (χ0n) is 9.08. The van der Waals surface area contributed by atoms with Gasteiger partial charge in [-0.1, -0.05) is 30.3 Å². The van der Waals surface area contributed by atoms with Crippen molar-refractivity contribution in [2.75, 3.05) is 0 Å². The molecular weight excluding hydrogens is 258 g/mol. The zero-order chi connectivity index (χ0) is 13.3. The fraction of sp³-hybridized carbons (Fsp3) is 0.0909. The normalized spacial score (nSPS) is 18.7. The summed E-state index contributed by atoms with van der Waals surface area (Å²) in [6.45, 7) is 0. The molecule has 0 aliphatic carbocycles. The van der Waals surface area contributed by atoms with Crippen molar-refractivity contribution in [3.63, 3.8) is 0 Å². The molecule has 0 saturated carbocycles. The summed E-state index contributed by atoms with van der Waals surface area (Å²) in [5.41, 5.74) is -0.0754. The van der Waals surface area contributed by atoms with Crippen LogP contribution in [0.3, 0.4) is 0 Å². The molecule has 1 aromatic carbocycles. The first-order valence-corrected chi connectivity index (χ1v) is 6.44. The molecule has 0 spiro atoms. The van der Waals surface area contributed by atoms with E-state index in [1.807, 2.05) is 5.32 Å². The van der Waals surface area contributed by atoms with Gasteiger partial charge in [-0.15, -0.1) is 0 Å². The van der Waals surface area contributed by atoms with Crippen LogP contribution in [0.1, 0.15) is 12.0 Å². The Bertz CT molecular complexity index is 645. The van der Waals surface area contributed by atoms with Crippen LogP contribution in [0.15, 0.2) is 35.9 Å². The third-order valence-corrected chi connectivity index (χ3v) is 3.43. The summed E-state index contributed by atoms with van der Waals surface area (Å²) in [6.07, 6.45) is -0.358. The number of carbonyl (C=O) groups is 2. The van der Waals surface area contributed by atoms with Gasteiger partial charge in [-0.25, -0.2) is 0 Å². The second kappa shape index (κ2) is 4.35. The van der Waals surface area contributed by atoms with Crippen molar-refractivity contribution in [1.82, 2.24) is 5.32 Å². The highest BCUT2D eigenvalue weighted by molar-refractivity contribution is 7.95. The first kappa shape index (κ1) is 12.5. The second-order valence-corrected chi connectivity index (χ2v) is 5.06. The Morgan fingerprint density at radius 1 is 1.17 bits per heavy atom. The van der Waals surface area contributed by atoms with Crippen LogP contribution in [-0.2, 0) is 19.7 Å². The number of hydrogen-bond donors (Lipinski definition) is 2. The van der Waals surface area contributed by atoms with Gasteiger partial charge in [0.15, 0.2) is 0 Å². The van der Waals surface area contributed by atoms with Gasteiger partial charge < -0.3 is 0 Å². The molecule has 94 valence electrons. The van der Waals surface area contributed by atoms with Gasteiger partial charge in [0.2, 0.25) is 5.91 Å². The first-order chi connectivity index (χ1) is 8.39. The van der Waals surface area contributed by atoms with Gasteiger partial charge in [-0.3, -0.25) is 19.5 Å². The van der Waals surface area contributed by atoms with E-state index in [4.69, 9.17) is 0 Å². The summed E-state index contributed by atoms with van der Waals surface area (Å²) < 4.78 is 32.0. The molecule has 7 heteroatoms. The van der Waals surface area contributed by atoms with E-state index < -0.39 is 26.8 Å². The number of imide groups is 1. The average molecular weight is 267 g/mol. The maximum Gasteiger partial charge on any atom is 0.295 e. The van der Waals surface area contributed by atoms with Crippen molar-refractivity contribution in [2.24, 2.45) is 0 Å². The Hall–Kier alpha value is -1.99. The lowest BCUT2D eigenvalue weighted by molar-refractivity contribution is -0.124. The fourth-order valence-corrected chi connectivity index (χ4v) is 2.65. The maximum atomic E-state index is 11.5. The van der Waals surface area contributed by atoms with E-state index in [9.17, 15) is 22.6 Å². The van der Waals surface area contributed by atoms with Gasteiger partial charge in [-0.05, 0) is 5.56 Å². The molecule has 1 saturated heterocycles. The molecule has 2 amide bonds. The smallest absolute Gasteiger partial charge is 0.292 e. The molecule has 0 atom stereocenters. The summed E-state index contributed by atoms with van der Waals surface area (Å²) >= 11 is 0. The predicted octanol–water partition coefficient (Wildman–Crippen LogP) is 0.332. The molecule has 1 aliphatic rings. The third-order valence-electron chi connectivity index (χ3n) is 2.43. The molecule has 1 fully saturated rings. The van der Waals surface area contributed by atoms with E-state index in [-0.39, 0.29) is 17.6 Å². The average Bonchev–Trinajstić information content (AvgIpc) is 2.58. The second-order valence-electron chi connectivity index (χ2n) is 3.70. The number of amides is 2. The van der Waals surface area contributed by atoms with Crippen molar-refractivity contribution in [1.29, 1.82) is 0 Å². The van der Waals surface area contributed by atoms with Gasteiger partial charge in [0.05, 0.1) is 6.42 Å². The minimum Gasteiger partial charge on any atom is -0.292 e. The topological polar surface area (TPSA) is 101 Å². The van der Waals surface area contributed by atoms with E-state index >= 15 is 0 Å². The lowest BCUT2D eigenvalue weighted by Crippen LogP contribution is -2.20. The lowest BCUT2D eigenvalue weighted by atomic mass is 10.1. The van der Waals surface area contributed by atoms with Crippen molar-refractivity contribution in [3.05, 3.63) is 41.5 Å². The minimum absolute atomic E-state index is 0.167. The van der Waals surface area contributed by atoms with Crippen molar-refractivity contribution < 1.29 is 22.6 Å². The highest BCUT2D eigenvalue weighted by Gasteiger charge is 2.32. The SMILES string of the molecule is O=C1CC(=C(c2ccccc2)S(=O)(=O)O)C(=O)N1. The van der Waals surface area contributed by atoms with E-state index in [1.165, 1.54) is 12.1 Å². The molecule has 0 radical (unpaired) electrons. The maximum absolute atomic E-state index is 11.5. The van der Waals surface area contributed by atoms with Gasteiger partial charge in [0.1, 0.15) is 4.91 Å². The van der Waals surface area contributed by atoms with Gasteiger partial charge in [0, 0.05) is 5.57 Å². The summed E-state index contributed by atoms with van der Waals surface area (Å²) in [7, 11) is -4.59. The van der Waals surface area contributed by atoms with Crippen LogP contribution in [0.25, 0.3) is 4.91 Å². The van der Waals surface area contributed by atoms with Crippen LogP contribution in [0, 0.1) is 0 Å². The van der Waals surface area contributed by atoms with Crippen LogP contribution in [0.4, 0.5) is 0 Å². The van der Waals surface area contributed by atoms with E-state index in [1.54, 1.807) is 18.2 Å². The number of nitrogens with one attached hydrogen (secondary N) is 1. The van der Waals surface area contributed by atoms with Crippen LogP contribution in [-0.4, -0.2) is 24.8 Å². The Morgan fingerprint density at radius 3 is 2.22 bits per heavy atom.